The van der Waals surface area contributed by atoms with E-state index < -0.39 is 5.91 Å². The molecule has 1 aromatic carbocycles. The van der Waals surface area contributed by atoms with Gasteiger partial charge in [-0.15, -0.1) is 0 Å². The number of nitrogens with two attached hydrogens (primary N) is 1. The first kappa shape index (κ1) is 12.2. The highest BCUT2D eigenvalue weighted by Crippen LogP contribution is 2.11. The molecule has 0 spiro atoms. The molecule has 0 aliphatic carbocycles. The van der Waals surface area contributed by atoms with Gasteiger partial charge in [-0.25, -0.2) is 0 Å². The van der Waals surface area contributed by atoms with E-state index in [4.69, 9.17) is 5.73 Å². The number of rotatable bonds is 4. The minimum absolute atomic E-state index is 0.0587. The van der Waals surface area contributed by atoms with Crippen LogP contribution in [0.25, 0.3) is 0 Å². The van der Waals surface area contributed by atoms with Gasteiger partial charge < -0.3 is 11.1 Å². The molecule has 1 aromatic rings. The van der Waals surface area contributed by atoms with Gasteiger partial charge in [-0.1, -0.05) is 19.9 Å². The van der Waals surface area contributed by atoms with Crippen LogP contribution in [-0.2, 0) is 4.79 Å². The fourth-order valence-corrected chi connectivity index (χ4v) is 1.33. The SMILES string of the molecule is CC(C)CC(=O)Nc1cccc(C(N)=O)c1. The van der Waals surface area contributed by atoms with E-state index >= 15 is 0 Å². The van der Waals surface area contributed by atoms with E-state index in [1.165, 1.54) is 0 Å². The zero-order valence-electron chi connectivity index (χ0n) is 9.49. The second kappa shape index (κ2) is 5.30. The number of primary amides is 1. The average molecular weight is 220 g/mol. The highest BCUT2D eigenvalue weighted by Gasteiger charge is 2.06. The second-order valence-corrected chi connectivity index (χ2v) is 4.09. The summed E-state index contributed by atoms with van der Waals surface area (Å²) in [7, 11) is 0. The van der Waals surface area contributed by atoms with Crippen LogP contribution in [-0.4, -0.2) is 11.8 Å². The van der Waals surface area contributed by atoms with Crippen LogP contribution in [0, 0.1) is 5.92 Å². The summed E-state index contributed by atoms with van der Waals surface area (Å²) in [5, 5.41) is 2.72. The third-order valence-electron chi connectivity index (χ3n) is 2.02. The topological polar surface area (TPSA) is 72.2 Å². The van der Waals surface area contributed by atoms with E-state index in [1.807, 2.05) is 13.8 Å². The first-order chi connectivity index (χ1) is 7.49. The summed E-state index contributed by atoms with van der Waals surface area (Å²) in [5.74, 6) is -0.254. The molecule has 0 fully saturated rings. The largest absolute Gasteiger partial charge is 0.366 e. The van der Waals surface area contributed by atoms with Crippen molar-refractivity contribution in [2.45, 2.75) is 20.3 Å². The predicted molar refractivity (Wildman–Crippen MR) is 63.0 cm³/mol. The number of hydrogen-bond donors (Lipinski definition) is 2. The Labute approximate surface area is 94.8 Å². The van der Waals surface area contributed by atoms with Crippen LogP contribution in [0.4, 0.5) is 5.69 Å². The second-order valence-electron chi connectivity index (χ2n) is 4.09. The van der Waals surface area contributed by atoms with Gasteiger partial charge in [-0.05, 0) is 24.1 Å². The molecule has 0 atom stereocenters. The number of carbonyl (C=O) groups excluding carboxylic acids is 2. The lowest BCUT2D eigenvalue weighted by Gasteiger charge is -2.07. The van der Waals surface area contributed by atoms with Gasteiger partial charge in [0.25, 0.3) is 0 Å². The van der Waals surface area contributed by atoms with Gasteiger partial charge in [0.2, 0.25) is 11.8 Å². The zero-order valence-corrected chi connectivity index (χ0v) is 9.49. The van der Waals surface area contributed by atoms with E-state index in [2.05, 4.69) is 5.32 Å². The van der Waals surface area contributed by atoms with Gasteiger partial charge in [0, 0.05) is 17.7 Å². The van der Waals surface area contributed by atoms with Crippen molar-refractivity contribution in [3.05, 3.63) is 29.8 Å². The predicted octanol–water partition coefficient (Wildman–Crippen LogP) is 1.77. The first-order valence-electron chi connectivity index (χ1n) is 5.18. The smallest absolute Gasteiger partial charge is 0.248 e. The monoisotopic (exact) mass is 220 g/mol. The number of carbonyl (C=O) groups is 2. The molecule has 0 unspecified atom stereocenters. The van der Waals surface area contributed by atoms with E-state index in [1.54, 1.807) is 24.3 Å². The van der Waals surface area contributed by atoms with Crippen LogP contribution in [0.3, 0.4) is 0 Å². The van der Waals surface area contributed by atoms with Crippen molar-refractivity contribution in [1.29, 1.82) is 0 Å². The Morgan fingerprint density at radius 3 is 2.62 bits per heavy atom. The van der Waals surface area contributed by atoms with E-state index in [-0.39, 0.29) is 5.91 Å². The summed E-state index contributed by atoms with van der Waals surface area (Å²) >= 11 is 0. The van der Waals surface area contributed by atoms with Crippen LogP contribution in [0.5, 0.6) is 0 Å². The van der Waals surface area contributed by atoms with Crippen molar-refractivity contribution in [2.24, 2.45) is 11.7 Å². The van der Waals surface area contributed by atoms with Gasteiger partial charge in [0.05, 0.1) is 0 Å². The Balaban J connectivity index is 2.70. The highest BCUT2D eigenvalue weighted by molar-refractivity contribution is 5.96. The summed E-state index contributed by atoms with van der Waals surface area (Å²) in [6.45, 7) is 3.94. The highest BCUT2D eigenvalue weighted by atomic mass is 16.2. The molecule has 4 heteroatoms. The third-order valence-corrected chi connectivity index (χ3v) is 2.02. The van der Waals surface area contributed by atoms with Crippen molar-refractivity contribution in [2.75, 3.05) is 5.32 Å². The molecular formula is C12H16N2O2. The Hall–Kier alpha value is -1.84. The Bertz CT molecular complexity index is 400. The van der Waals surface area contributed by atoms with Crippen LogP contribution in [0.15, 0.2) is 24.3 Å². The molecule has 86 valence electrons. The molecule has 0 heterocycles. The number of nitrogens with one attached hydrogen (secondary N) is 1. The molecule has 0 saturated heterocycles. The Kier molecular flexibility index (Phi) is 4.05. The van der Waals surface area contributed by atoms with Crippen molar-refractivity contribution in [3.8, 4) is 0 Å². The molecule has 0 saturated carbocycles. The summed E-state index contributed by atoms with van der Waals surface area (Å²) in [5.41, 5.74) is 6.13. The van der Waals surface area contributed by atoms with Crippen LogP contribution in [0.1, 0.15) is 30.6 Å². The van der Waals surface area contributed by atoms with Crippen LogP contribution < -0.4 is 11.1 Å². The van der Waals surface area contributed by atoms with Crippen molar-refractivity contribution < 1.29 is 9.59 Å². The van der Waals surface area contributed by atoms with Gasteiger partial charge >= 0.3 is 0 Å². The van der Waals surface area contributed by atoms with Gasteiger partial charge in [0.15, 0.2) is 0 Å². The molecule has 1 rings (SSSR count). The lowest BCUT2D eigenvalue weighted by atomic mass is 10.1. The normalized spacial score (nSPS) is 10.2. The maximum atomic E-state index is 11.5. The molecule has 0 aliphatic rings. The molecular weight excluding hydrogens is 204 g/mol. The molecule has 16 heavy (non-hydrogen) atoms. The van der Waals surface area contributed by atoms with Gasteiger partial charge in [-0.3, -0.25) is 9.59 Å². The Morgan fingerprint density at radius 2 is 2.06 bits per heavy atom. The number of benzene rings is 1. The average Bonchev–Trinajstić information content (AvgIpc) is 2.16. The molecule has 4 nitrogen and oxygen atoms in total. The van der Waals surface area contributed by atoms with Crippen molar-refractivity contribution in [3.63, 3.8) is 0 Å². The minimum atomic E-state index is -0.500. The van der Waals surface area contributed by atoms with Crippen LogP contribution >= 0.6 is 0 Å². The van der Waals surface area contributed by atoms with Gasteiger partial charge in [-0.2, -0.15) is 0 Å². The van der Waals surface area contributed by atoms with E-state index in [9.17, 15) is 9.59 Å². The molecule has 0 bridgehead atoms. The Morgan fingerprint density at radius 1 is 1.38 bits per heavy atom. The third kappa shape index (κ3) is 3.73. The minimum Gasteiger partial charge on any atom is -0.366 e. The summed E-state index contributed by atoms with van der Waals surface area (Å²) in [6, 6.07) is 6.59. The fourth-order valence-electron chi connectivity index (χ4n) is 1.33. The number of anilines is 1. The molecule has 0 aliphatic heterocycles. The summed E-state index contributed by atoms with van der Waals surface area (Å²) in [4.78, 5) is 22.4. The number of amides is 2. The van der Waals surface area contributed by atoms with Crippen LogP contribution in [0.2, 0.25) is 0 Å². The van der Waals surface area contributed by atoms with Crippen molar-refractivity contribution >= 4 is 17.5 Å². The lowest BCUT2D eigenvalue weighted by molar-refractivity contribution is -0.116. The summed E-state index contributed by atoms with van der Waals surface area (Å²) < 4.78 is 0. The van der Waals surface area contributed by atoms with Crippen molar-refractivity contribution in [1.82, 2.24) is 0 Å². The standard InChI is InChI=1S/C12H16N2O2/c1-8(2)6-11(15)14-10-5-3-4-9(7-10)12(13)16/h3-5,7-8H,6H2,1-2H3,(H2,13,16)(H,14,15). The lowest BCUT2D eigenvalue weighted by Crippen LogP contribution is -2.15. The molecule has 0 aromatic heterocycles. The van der Waals surface area contributed by atoms with E-state index in [0.717, 1.165) is 0 Å². The number of hydrogen-bond acceptors (Lipinski definition) is 2. The molecule has 2 amide bonds. The van der Waals surface area contributed by atoms with Gasteiger partial charge in [0.1, 0.15) is 0 Å². The molecule has 3 N–H and O–H groups in total. The quantitative estimate of drug-likeness (QED) is 0.811. The molecule has 0 radical (unpaired) electrons. The maximum absolute atomic E-state index is 11.5. The summed E-state index contributed by atoms with van der Waals surface area (Å²) in [6.07, 6.45) is 0.459. The maximum Gasteiger partial charge on any atom is 0.248 e. The first-order valence-corrected chi connectivity index (χ1v) is 5.18. The van der Waals surface area contributed by atoms with E-state index in [0.29, 0.717) is 23.6 Å². The zero-order chi connectivity index (χ0) is 12.1. The fraction of sp³-hybridized carbons (Fsp3) is 0.333.